The smallest absolute Gasteiger partial charge is 0.322 e. The van der Waals surface area contributed by atoms with Gasteiger partial charge in [-0.2, -0.15) is 13.2 Å². The van der Waals surface area contributed by atoms with Crippen LogP contribution in [0.3, 0.4) is 0 Å². The van der Waals surface area contributed by atoms with E-state index in [-0.39, 0.29) is 0 Å². The number of nitro benzene ring substituents is 1. The Bertz CT molecular complexity index is 715. The number of amides is 1. The SMILES string of the molecule is O=C(Nc1ccccc1)c1ccc(C(F)(F)F)cc1[N+](=O)[O-]. The number of nitrogens with zero attached hydrogens (tertiary/aromatic N) is 1. The van der Waals surface area contributed by atoms with Crippen molar-refractivity contribution in [3.05, 3.63) is 69.8 Å². The maximum absolute atomic E-state index is 12.6. The Morgan fingerprint density at radius 3 is 2.27 bits per heavy atom. The highest BCUT2D eigenvalue weighted by molar-refractivity contribution is 6.07. The van der Waals surface area contributed by atoms with E-state index in [0.29, 0.717) is 17.8 Å². The zero-order valence-corrected chi connectivity index (χ0v) is 10.9. The van der Waals surface area contributed by atoms with Crippen LogP contribution in [0.25, 0.3) is 0 Å². The summed E-state index contributed by atoms with van der Waals surface area (Å²) in [4.78, 5) is 21.9. The molecule has 8 heteroatoms. The van der Waals surface area contributed by atoms with Crippen LogP contribution in [0.15, 0.2) is 48.5 Å². The third-order valence-electron chi connectivity index (χ3n) is 2.80. The molecule has 0 saturated carbocycles. The Morgan fingerprint density at radius 2 is 1.73 bits per heavy atom. The second-order valence-electron chi connectivity index (χ2n) is 4.31. The summed E-state index contributed by atoms with van der Waals surface area (Å²) in [6, 6.07) is 9.84. The average Bonchev–Trinajstić information content (AvgIpc) is 2.46. The van der Waals surface area contributed by atoms with Crippen molar-refractivity contribution in [1.29, 1.82) is 0 Å². The molecule has 0 atom stereocenters. The van der Waals surface area contributed by atoms with Crippen LogP contribution in [0.4, 0.5) is 24.5 Å². The second kappa shape index (κ2) is 5.84. The van der Waals surface area contributed by atoms with Crippen LogP contribution >= 0.6 is 0 Å². The number of anilines is 1. The maximum atomic E-state index is 12.6. The molecule has 0 aliphatic carbocycles. The minimum absolute atomic E-state index is 0.347. The molecular formula is C14H9F3N2O3. The zero-order valence-electron chi connectivity index (χ0n) is 10.9. The molecule has 114 valence electrons. The van der Waals surface area contributed by atoms with E-state index in [1.807, 2.05) is 0 Å². The summed E-state index contributed by atoms with van der Waals surface area (Å²) in [5.74, 6) is -0.855. The highest BCUT2D eigenvalue weighted by Crippen LogP contribution is 2.33. The molecule has 0 heterocycles. The number of halogens is 3. The van der Waals surface area contributed by atoms with Crippen LogP contribution in [-0.4, -0.2) is 10.8 Å². The van der Waals surface area contributed by atoms with Gasteiger partial charge in [-0.05, 0) is 24.3 Å². The van der Waals surface area contributed by atoms with Gasteiger partial charge in [0, 0.05) is 11.8 Å². The van der Waals surface area contributed by atoms with E-state index in [0.717, 1.165) is 6.07 Å². The molecule has 22 heavy (non-hydrogen) atoms. The van der Waals surface area contributed by atoms with Gasteiger partial charge in [0.25, 0.3) is 11.6 Å². The van der Waals surface area contributed by atoms with Gasteiger partial charge in [0.05, 0.1) is 10.5 Å². The number of alkyl halides is 3. The number of rotatable bonds is 3. The predicted octanol–water partition coefficient (Wildman–Crippen LogP) is 3.87. The first-order valence-corrected chi connectivity index (χ1v) is 6.01. The summed E-state index contributed by atoms with van der Waals surface area (Å²) < 4.78 is 37.8. The summed E-state index contributed by atoms with van der Waals surface area (Å²) in [5.41, 5.74) is -2.15. The molecule has 0 radical (unpaired) electrons. The van der Waals surface area contributed by atoms with Crippen LogP contribution in [0.5, 0.6) is 0 Å². The van der Waals surface area contributed by atoms with Crippen LogP contribution in [-0.2, 0) is 6.18 Å². The fourth-order valence-corrected chi connectivity index (χ4v) is 1.77. The number of carbonyl (C=O) groups is 1. The van der Waals surface area contributed by atoms with E-state index in [4.69, 9.17) is 0 Å². The van der Waals surface area contributed by atoms with Gasteiger partial charge in [0.2, 0.25) is 0 Å². The first-order valence-electron chi connectivity index (χ1n) is 6.01. The molecule has 0 unspecified atom stereocenters. The molecule has 1 amide bonds. The van der Waals surface area contributed by atoms with E-state index in [1.165, 1.54) is 0 Å². The van der Waals surface area contributed by atoms with Gasteiger partial charge < -0.3 is 5.32 Å². The van der Waals surface area contributed by atoms with Crippen molar-refractivity contribution >= 4 is 17.3 Å². The Kier molecular flexibility index (Phi) is 4.11. The van der Waals surface area contributed by atoms with Crippen molar-refractivity contribution in [3.63, 3.8) is 0 Å². The van der Waals surface area contributed by atoms with E-state index in [9.17, 15) is 28.1 Å². The molecule has 2 aromatic carbocycles. The lowest BCUT2D eigenvalue weighted by Crippen LogP contribution is -2.15. The molecule has 2 aromatic rings. The lowest BCUT2D eigenvalue weighted by atomic mass is 10.1. The molecule has 5 nitrogen and oxygen atoms in total. The van der Waals surface area contributed by atoms with Crippen LogP contribution in [0, 0.1) is 10.1 Å². The Balaban J connectivity index is 2.38. The van der Waals surface area contributed by atoms with Gasteiger partial charge in [0.15, 0.2) is 0 Å². The van der Waals surface area contributed by atoms with Crippen molar-refractivity contribution in [2.45, 2.75) is 6.18 Å². The number of nitro groups is 1. The predicted molar refractivity (Wildman–Crippen MR) is 72.5 cm³/mol. The number of hydrogen-bond acceptors (Lipinski definition) is 3. The van der Waals surface area contributed by atoms with Crippen molar-refractivity contribution in [2.75, 3.05) is 5.32 Å². The average molecular weight is 310 g/mol. The Morgan fingerprint density at radius 1 is 1.09 bits per heavy atom. The Labute approximate surface area is 122 Å². The van der Waals surface area contributed by atoms with Crippen LogP contribution in [0.2, 0.25) is 0 Å². The highest BCUT2D eigenvalue weighted by Gasteiger charge is 2.34. The van der Waals surface area contributed by atoms with E-state index in [1.54, 1.807) is 30.3 Å². The molecule has 0 bridgehead atoms. The zero-order chi connectivity index (χ0) is 16.3. The maximum Gasteiger partial charge on any atom is 0.416 e. The standard InChI is InChI=1S/C14H9F3N2O3/c15-14(16,17)9-6-7-11(12(8-9)19(21)22)13(20)18-10-4-2-1-3-5-10/h1-8H,(H,18,20). The quantitative estimate of drug-likeness (QED) is 0.691. The first-order chi connectivity index (χ1) is 10.3. The van der Waals surface area contributed by atoms with E-state index in [2.05, 4.69) is 5.32 Å². The second-order valence-corrected chi connectivity index (χ2v) is 4.31. The van der Waals surface area contributed by atoms with Gasteiger partial charge >= 0.3 is 6.18 Å². The summed E-state index contributed by atoms with van der Waals surface area (Å²) in [6.45, 7) is 0. The third kappa shape index (κ3) is 3.40. The summed E-state index contributed by atoms with van der Waals surface area (Å²) in [7, 11) is 0. The minimum Gasteiger partial charge on any atom is -0.322 e. The molecule has 0 spiro atoms. The van der Waals surface area contributed by atoms with Crippen LogP contribution < -0.4 is 5.32 Å². The minimum atomic E-state index is -4.72. The molecule has 0 aliphatic rings. The molecule has 0 saturated heterocycles. The van der Waals surface area contributed by atoms with Crippen molar-refractivity contribution in [1.82, 2.24) is 0 Å². The van der Waals surface area contributed by atoms with Crippen LogP contribution in [0.1, 0.15) is 15.9 Å². The van der Waals surface area contributed by atoms with Gasteiger partial charge in [0.1, 0.15) is 5.56 Å². The molecule has 0 fully saturated rings. The number of para-hydroxylation sites is 1. The van der Waals surface area contributed by atoms with Gasteiger partial charge in [-0.25, -0.2) is 0 Å². The van der Waals surface area contributed by atoms with Crippen molar-refractivity contribution < 1.29 is 22.9 Å². The largest absolute Gasteiger partial charge is 0.416 e. The van der Waals surface area contributed by atoms with Gasteiger partial charge in [-0.15, -0.1) is 0 Å². The highest BCUT2D eigenvalue weighted by atomic mass is 19.4. The lowest BCUT2D eigenvalue weighted by Gasteiger charge is -2.09. The first kappa shape index (κ1) is 15.5. The fraction of sp³-hybridized carbons (Fsp3) is 0.0714. The fourth-order valence-electron chi connectivity index (χ4n) is 1.77. The summed E-state index contributed by atoms with van der Waals surface area (Å²) in [5, 5.41) is 13.3. The summed E-state index contributed by atoms with van der Waals surface area (Å²) >= 11 is 0. The normalized spacial score (nSPS) is 11.0. The topological polar surface area (TPSA) is 72.2 Å². The van der Waals surface area contributed by atoms with E-state index >= 15 is 0 Å². The number of benzene rings is 2. The third-order valence-corrected chi connectivity index (χ3v) is 2.80. The van der Waals surface area contributed by atoms with E-state index < -0.39 is 33.8 Å². The van der Waals surface area contributed by atoms with Crippen molar-refractivity contribution in [3.8, 4) is 0 Å². The van der Waals surface area contributed by atoms with Gasteiger partial charge in [-0.1, -0.05) is 18.2 Å². The molecule has 1 N–H and O–H groups in total. The lowest BCUT2D eigenvalue weighted by molar-refractivity contribution is -0.385. The van der Waals surface area contributed by atoms with Gasteiger partial charge in [-0.3, -0.25) is 14.9 Å². The molecular weight excluding hydrogens is 301 g/mol. The molecule has 0 aromatic heterocycles. The van der Waals surface area contributed by atoms with Crippen molar-refractivity contribution in [2.24, 2.45) is 0 Å². The summed E-state index contributed by atoms with van der Waals surface area (Å²) in [6.07, 6.45) is -4.72. The number of nitrogens with one attached hydrogen (secondary N) is 1. The molecule has 0 aliphatic heterocycles. The Hall–Kier alpha value is -2.90. The monoisotopic (exact) mass is 310 g/mol. The number of carbonyl (C=O) groups excluding carboxylic acids is 1. The number of hydrogen-bond donors (Lipinski definition) is 1. The molecule has 2 rings (SSSR count).